The lowest BCUT2D eigenvalue weighted by atomic mass is 10.1. The molecule has 92 valence electrons. The van der Waals surface area contributed by atoms with Crippen LogP contribution in [0.5, 0.6) is 5.75 Å². The highest BCUT2D eigenvalue weighted by Gasteiger charge is 2.08. The molecule has 0 aliphatic rings. The number of rotatable bonds is 0. The number of halogens is 1. The molecule has 0 bridgehead atoms. The summed E-state index contributed by atoms with van der Waals surface area (Å²) < 4.78 is 0. The zero-order valence-corrected chi connectivity index (χ0v) is 10.7. The fourth-order valence-electron chi connectivity index (χ4n) is 2.65. The van der Waals surface area contributed by atoms with Gasteiger partial charge in [0.1, 0.15) is 5.75 Å². The second-order valence-corrected chi connectivity index (χ2v) is 5.14. The molecule has 0 atom stereocenters. The highest BCUT2D eigenvalue weighted by atomic mass is 35.5. The molecule has 0 saturated heterocycles. The zero-order valence-electron chi connectivity index (χ0n) is 9.94. The van der Waals surface area contributed by atoms with E-state index in [2.05, 4.69) is 17.1 Å². The van der Waals surface area contributed by atoms with Crippen molar-refractivity contribution in [2.24, 2.45) is 0 Å². The van der Waals surface area contributed by atoms with E-state index in [0.717, 1.165) is 37.6 Å². The second kappa shape index (κ2) is 3.65. The summed E-state index contributed by atoms with van der Waals surface area (Å²) in [5.41, 5.74) is 2.08. The summed E-state index contributed by atoms with van der Waals surface area (Å²) in [5.74, 6) is 0.275. The monoisotopic (exact) mass is 267 g/mol. The number of hydrogen-bond donors (Lipinski definition) is 2. The van der Waals surface area contributed by atoms with Crippen LogP contribution < -0.4 is 0 Å². The average Bonchev–Trinajstić information content (AvgIpc) is 2.77. The van der Waals surface area contributed by atoms with Crippen LogP contribution in [0.15, 0.2) is 48.5 Å². The summed E-state index contributed by atoms with van der Waals surface area (Å²) in [4.78, 5) is 3.41. The van der Waals surface area contributed by atoms with Gasteiger partial charge in [-0.15, -0.1) is 0 Å². The van der Waals surface area contributed by atoms with Crippen LogP contribution in [0.1, 0.15) is 0 Å². The average molecular weight is 268 g/mol. The molecule has 2 N–H and O–H groups in total. The summed E-state index contributed by atoms with van der Waals surface area (Å²) in [6.45, 7) is 0. The number of hydrogen-bond acceptors (Lipinski definition) is 1. The molecule has 19 heavy (non-hydrogen) atoms. The molecule has 1 heterocycles. The third-order valence-electron chi connectivity index (χ3n) is 3.54. The van der Waals surface area contributed by atoms with Gasteiger partial charge in [0.2, 0.25) is 0 Å². The molecule has 0 amide bonds. The molecule has 3 heteroatoms. The Balaban J connectivity index is 2.27. The molecule has 1 aromatic heterocycles. The van der Waals surface area contributed by atoms with E-state index in [1.165, 1.54) is 0 Å². The van der Waals surface area contributed by atoms with Gasteiger partial charge in [-0.2, -0.15) is 0 Å². The van der Waals surface area contributed by atoms with Gasteiger partial charge in [0.25, 0.3) is 0 Å². The molecule has 4 aromatic rings. The van der Waals surface area contributed by atoms with Crippen LogP contribution in [-0.2, 0) is 0 Å². The second-order valence-electron chi connectivity index (χ2n) is 4.71. The Morgan fingerprint density at radius 1 is 0.842 bits per heavy atom. The first kappa shape index (κ1) is 10.7. The van der Waals surface area contributed by atoms with Gasteiger partial charge in [-0.25, -0.2) is 0 Å². The molecular weight excluding hydrogens is 258 g/mol. The number of aromatic hydroxyl groups is 1. The van der Waals surface area contributed by atoms with Crippen molar-refractivity contribution in [1.29, 1.82) is 0 Å². The van der Waals surface area contributed by atoms with E-state index >= 15 is 0 Å². The smallest absolute Gasteiger partial charge is 0.116 e. The maximum absolute atomic E-state index is 9.67. The fraction of sp³-hybridized carbons (Fsp3) is 0. The molecule has 2 nitrogen and oxygen atoms in total. The van der Waals surface area contributed by atoms with E-state index in [1.54, 1.807) is 12.1 Å². The van der Waals surface area contributed by atoms with E-state index in [-0.39, 0.29) is 5.75 Å². The van der Waals surface area contributed by atoms with E-state index in [9.17, 15) is 5.11 Å². The molecule has 0 aliphatic carbocycles. The van der Waals surface area contributed by atoms with Crippen molar-refractivity contribution in [1.82, 2.24) is 4.98 Å². The molecular formula is C16H10ClNO. The van der Waals surface area contributed by atoms with Crippen LogP contribution >= 0.6 is 11.6 Å². The normalized spacial score (nSPS) is 11.6. The maximum atomic E-state index is 9.67. The van der Waals surface area contributed by atoms with Crippen LogP contribution in [0.25, 0.3) is 32.6 Å². The number of aromatic amines is 1. The van der Waals surface area contributed by atoms with Gasteiger partial charge in [-0.3, -0.25) is 0 Å². The Bertz CT molecular complexity index is 940. The van der Waals surface area contributed by atoms with Crippen molar-refractivity contribution in [2.45, 2.75) is 0 Å². The van der Waals surface area contributed by atoms with E-state index in [1.807, 2.05) is 24.3 Å². The van der Waals surface area contributed by atoms with Crippen LogP contribution in [0.4, 0.5) is 0 Å². The van der Waals surface area contributed by atoms with Gasteiger partial charge in [0.15, 0.2) is 0 Å². The highest BCUT2D eigenvalue weighted by molar-refractivity contribution is 6.32. The van der Waals surface area contributed by atoms with Gasteiger partial charge >= 0.3 is 0 Å². The number of aromatic nitrogens is 1. The third-order valence-corrected chi connectivity index (χ3v) is 3.77. The molecule has 0 fully saturated rings. The minimum absolute atomic E-state index is 0.275. The summed E-state index contributed by atoms with van der Waals surface area (Å²) in [6, 6.07) is 15.4. The maximum Gasteiger partial charge on any atom is 0.116 e. The fourth-order valence-corrected chi connectivity index (χ4v) is 2.82. The molecule has 3 aromatic carbocycles. The number of fused-ring (bicyclic) bond motifs is 5. The van der Waals surface area contributed by atoms with Gasteiger partial charge in [0.05, 0.1) is 5.52 Å². The first-order valence-electron chi connectivity index (χ1n) is 6.05. The number of phenolic OH excluding ortho intramolecular Hbond substituents is 1. The largest absolute Gasteiger partial charge is 0.508 e. The molecule has 0 unspecified atom stereocenters. The van der Waals surface area contributed by atoms with Crippen LogP contribution in [0, 0.1) is 0 Å². The van der Waals surface area contributed by atoms with Crippen molar-refractivity contribution in [3.63, 3.8) is 0 Å². The van der Waals surface area contributed by atoms with E-state index in [0.29, 0.717) is 0 Å². The SMILES string of the molecule is Oc1ccc2ccc3c4cc(Cl)ccc4[nH]c3c2c1. The van der Waals surface area contributed by atoms with E-state index < -0.39 is 0 Å². The Morgan fingerprint density at radius 3 is 2.58 bits per heavy atom. The van der Waals surface area contributed by atoms with Crippen molar-refractivity contribution in [2.75, 3.05) is 0 Å². The van der Waals surface area contributed by atoms with E-state index in [4.69, 9.17) is 11.6 Å². The Kier molecular flexibility index (Phi) is 2.06. The Morgan fingerprint density at radius 2 is 1.68 bits per heavy atom. The first-order chi connectivity index (χ1) is 9.22. The standard InChI is InChI=1S/C16H10ClNO/c17-10-3-6-15-14(7-10)12-5-2-9-1-4-11(19)8-13(9)16(12)18-15/h1-8,18-19H. The van der Waals surface area contributed by atoms with Crippen molar-refractivity contribution < 1.29 is 5.11 Å². The minimum Gasteiger partial charge on any atom is -0.508 e. The molecule has 0 radical (unpaired) electrons. The van der Waals surface area contributed by atoms with Crippen molar-refractivity contribution >= 4 is 44.2 Å². The molecule has 0 aliphatic heterocycles. The Labute approximate surface area is 114 Å². The van der Waals surface area contributed by atoms with Gasteiger partial charge in [-0.05, 0) is 35.7 Å². The third kappa shape index (κ3) is 1.50. The minimum atomic E-state index is 0.275. The number of nitrogens with one attached hydrogen (secondary N) is 1. The highest BCUT2D eigenvalue weighted by Crippen LogP contribution is 2.33. The molecule has 4 rings (SSSR count). The lowest BCUT2D eigenvalue weighted by Crippen LogP contribution is -1.75. The first-order valence-corrected chi connectivity index (χ1v) is 6.43. The predicted octanol–water partition coefficient (Wildman–Crippen LogP) is 4.83. The quantitative estimate of drug-likeness (QED) is 0.470. The zero-order chi connectivity index (χ0) is 13.0. The number of H-pyrrole nitrogens is 1. The van der Waals surface area contributed by atoms with Crippen LogP contribution in [0.2, 0.25) is 5.02 Å². The van der Waals surface area contributed by atoms with Crippen LogP contribution in [-0.4, -0.2) is 10.1 Å². The van der Waals surface area contributed by atoms with Gasteiger partial charge in [-0.1, -0.05) is 29.8 Å². The summed E-state index contributed by atoms with van der Waals surface area (Å²) >= 11 is 6.07. The van der Waals surface area contributed by atoms with Crippen LogP contribution in [0.3, 0.4) is 0 Å². The molecule has 0 spiro atoms. The van der Waals surface area contributed by atoms with Crippen molar-refractivity contribution in [3.8, 4) is 5.75 Å². The lowest BCUT2D eigenvalue weighted by molar-refractivity contribution is 0.476. The van der Waals surface area contributed by atoms with Gasteiger partial charge in [0, 0.05) is 26.7 Å². The lowest BCUT2D eigenvalue weighted by Gasteiger charge is -2.00. The topological polar surface area (TPSA) is 36.0 Å². The summed E-state index contributed by atoms with van der Waals surface area (Å²) in [7, 11) is 0. The molecule has 0 saturated carbocycles. The number of phenols is 1. The van der Waals surface area contributed by atoms with Gasteiger partial charge < -0.3 is 10.1 Å². The number of benzene rings is 3. The predicted molar refractivity (Wildman–Crippen MR) is 80.0 cm³/mol. The van der Waals surface area contributed by atoms with Crippen molar-refractivity contribution in [3.05, 3.63) is 53.6 Å². The summed E-state index contributed by atoms with van der Waals surface area (Å²) in [6.07, 6.45) is 0. The summed E-state index contributed by atoms with van der Waals surface area (Å²) in [5, 5.41) is 14.7. The Hall–Kier alpha value is -2.19.